The SMILES string of the molecule is CC[C@@H](C(=O)NC)N(Cc1ccccc1C)C(=O)CCc1ccc(C(C)C)cc1. The summed E-state index contributed by atoms with van der Waals surface area (Å²) >= 11 is 0. The highest BCUT2D eigenvalue weighted by Crippen LogP contribution is 2.19. The molecule has 0 bridgehead atoms. The second-order valence-electron chi connectivity index (χ2n) is 7.88. The number of aryl methyl sites for hydroxylation is 2. The second kappa shape index (κ2) is 10.8. The molecule has 0 aliphatic carbocycles. The third-order valence-corrected chi connectivity index (χ3v) is 5.51. The molecule has 0 aliphatic heterocycles. The molecule has 156 valence electrons. The molecule has 2 rings (SSSR count). The summed E-state index contributed by atoms with van der Waals surface area (Å²) in [6.45, 7) is 8.78. The summed E-state index contributed by atoms with van der Waals surface area (Å²) < 4.78 is 0. The van der Waals surface area contributed by atoms with E-state index in [9.17, 15) is 9.59 Å². The first-order valence-corrected chi connectivity index (χ1v) is 10.5. The Morgan fingerprint density at radius 3 is 2.24 bits per heavy atom. The molecule has 1 atom stereocenters. The molecule has 2 amide bonds. The molecule has 0 radical (unpaired) electrons. The minimum absolute atomic E-state index is 0.0108. The summed E-state index contributed by atoms with van der Waals surface area (Å²) in [5, 5.41) is 2.71. The first-order chi connectivity index (χ1) is 13.9. The Morgan fingerprint density at radius 1 is 1.03 bits per heavy atom. The van der Waals surface area contributed by atoms with Crippen molar-refractivity contribution in [2.45, 2.75) is 65.5 Å². The first-order valence-electron chi connectivity index (χ1n) is 10.5. The third-order valence-electron chi connectivity index (χ3n) is 5.51. The zero-order valence-electron chi connectivity index (χ0n) is 18.4. The van der Waals surface area contributed by atoms with Crippen LogP contribution in [0.1, 0.15) is 61.8 Å². The third kappa shape index (κ3) is 6.18. The van der Waals surface area contributed by atoms with Gasteiger partial charge in [0.2, 0.25) is 11.8 Å². The summed E-state index contributed by atoms with van der Waals surface area (Å²) in [4.78, 5) is 27.3. The number of carbonyl (C=O) groups is 2. The maximum atomic E-state index is 13.2. The summed E-state index contributed by atoms with van der Waals surface area (Å²) in [6.07, 6.45) is 1.65. The Bertz CT molecular complexity index is 812. The quantitative estimate of drug-likeness (QED) is 0.675. The van der Waals surface area contributed by atoms with Crippen molar-refractivity contribution < 1.29 is 9.59 Å². The van der Waals surface area contributed by atoms with Crippen LogP contribution in [0.2, 0.25) is 0 Å². The Kier molecular flexibility index (Phi) is 8.44. The molecule has 29 heavy (non-hydrogen) atoms. The summed E-state index contributed by atoms with van der Waals surface area (Å²) in [7, 11) is 1.62. The molecule has 0 aliphatic rings. The van der Waals surface area contributed by atoms with Crippen molar-refractivity contribution in [2.75, 3.05) is 7.05 Å². The maximum absolute atomic E-state index is 13.2. The van der Waals surface area contributed by atoms with E-state index in [1.807, 2.05) is 38.1 Å². The lowest BCUT2D eigenvalue weighted by Crippen LogP contribution is -2.48. The van der Waals surface area contributed by atoms with Crippen LogP contribution in [-0.4, -0.2) is 29.8 Å². The lowest BCUT2D eigenvalue weighted by Gasteiger charge is -2.31. The van der Waals surface area contributed by atoms with E-state index in [-0.39, 0.29) is 11.8 Å². The van der Waals surface area contributed by atoms with E-state index in [0.29, 0.717) is 31.7 Å². The number of nitrogens with zero attached hydrogens (tertiary/aromatic N) is 1. The fraction of sp³-hybridized carbons (Fsp3) is 0.440. The molecule has 2 aromatic rings. The van der Waals surface area contributed by atoms with Gasteiger partial charge in [0.15, 0.2) is 0 Å². The van der Waals surface area contributed by atoms with Gasteiger partial charge in [0.05, 0.1) is 0 Å². The van der Waals surface area contributed by atoms with Crippen molar-refractivity contribution in [3.8, 4) is 0 Å². The molecule has 1 N–H and O–H groups in total. The van der Waals surface area contributed by atoms with Crippen LogP contribution in [0, 0.1) is 6.92 Å². The topological polar surface area (TPSA) is 49.4 Å². The van der Waals surface area contributed by atoms with Gasteiger partial charge in [-0.3, -0.25) is 9.59 Å². The highest BCUT2D eigenvalue weighted by atomic mass is 16.2. The fourth-order valence-electron chi connectivity index (χ4n) is 3.52. The number of hydrogen-bond acceptors (Lipinski definition) is 2. The molecule has 0 saturated heterocycles. The molecule has 0 unspecified atom stereocenters. The Hall–Kier alpha value is -2.62. The Balaban J connectivity index is 2.16. The van der Waals surface area contributed by atoms with Gasteiger partial charge in [0, 0.05) is 20.0 Å². The predicted octanol–water partition coefficient (Wildman–Crippen LogP) is 4.60. The Morgan fingerprint density at radius 2 is 1.69 bits per heavy atom. The van der Waals surface area contributed by atoms with Crippen LogP contribution in [0.25, 0.3) is 0 Å². The summed E-state index contributed by atoms with van der Waals surface area (Å²) in [5.74, 6) is 0.389. The van der Waals surface area contributed by atoms with Crippen LogP contribution in [0.4, 0.5) is 0 Å². The molecular weight excluding hydrogens is 360 g/mol. The number of hydrogen-bond donors (Lipinski definition) is 1. The van der Waals surface area contributed by atoms with Crippen LogP contribution < -0.4 is 5.32 Å². The van der Waals surface area contributed by atoms with Crippen LogP contribution in [0.3, 0.4) is 0 Å². The molecule has 0 spiro atoms. The first kappa shape index (κ1) is 22.7. The van der Waals surface area contributed by atoms with Crippen LogP contribution in [0.15, 0.2) is 48.5 Å². The number of nitrogens with one attached hydrogen (secondary N) is 1. The second-order valence-corrected chi connectivity index (χ2v) is 7.88. The normalized spacial score (nSPS) is 11.9. The van der Waals surface area contributed by atoms with E-state index in [0.717, 1.165) is 16.7 Å². The van der Waals surface area contributed by atoms with E-state index in [1.165, 1.54) is 5.56 Å². The van der Waals surface area contributed by atoms with Gasteiger partial charge in [0.25, 0.3) is 0 Å². The van der Waals surface area contributed by atoms with Crippen molar-refractivity contribution in [3.63, 3.8) is 0 Å². The minimum atomic E-state index is -0.463. The molecule has 0 fully saturated rings. The smallest absolute Gasteiger partial charge is 0.242 e. The average Bonchev–Trinajstić information content (AvgIpc) is 2.73. The highest BCUT2D eigenvalue weighted by Gasteiger charge is 2.28. The van der Waals surface area contributed by atoms with Crippen molar-refractivity contribution in [2.24, 2.45) is 0 Å². The van der Waals surface area contributed by atoms with E-state index in [1.54, 1.807) is 11.9 Å². The van der Waals surface area contributed by atoms with Crippen LogP contribution in [-0.2, 0) is 22.6 Å². The minimum Gasteiger partial charge on any atom is -0.357 e. The van der Waals surface area contributed by atoms with E-state index < -0.39 is 6.04 Å². The van der Waals surface area contributed by atoms with Gasteiger partial charge < -0.3 is 10.2 Å². The van der Waals surface area contributed by atoms with Crippen LogP contribution in [0.5, 0.6) is 0 Å². The fourth-order valence-corrected chi connectivity index (χ4v) is 3.52. The van der Waals surface area contributed by atoms with Crippen molar-refractivity contribution >= 4 is 11.8 Å². The lowest BCUT2D eigenvalue weighted by molar-refractivity contribution is -0.141. The van der Waals surface area contributed by atoms with Gasteiger partial charge in [0.1, 0.15) is 6.04 Å². The van der Waals surface area contributed by atoms with E-state index >= 15 is 0 Å². The number of carbonyl (C=O) groups excluding carboxylic acids is 2. The van der Waals surface area contributed by atoms with E-state index in [4.69, 9.17) is 0 Å². The zero-order chi connectivity index (χ0) is 21.4. The molecule has 2 aromatic carbocycles. The number of rotatable bonds is 9. The largest absolute Gasteiger partial charge is 0.357 e. The van der Waals surface area contributed by atoms with Gasteiger partial charge in [-0.1, -0.05) is 69.3 Å². The number of amides is 2. The number of benzene rings is 2. The predicted molar refractivity (Wildman–Crippen MR) is 119 cm³/mol. The standard InChI is InChI=1S/C25H34N2O2/c1-6-23(25(29)26-5)27(17-22-10-8-7-9-19(22)4)24(28)16-13-20-11-14-21(15-12-20)18(2)3/h7-12,14-15,18,23H,6,13,16-17H2,1-5H3,(H,26,29)/t23-/m0/s1. The molecule has 0 heterocycles. The van der Waals surface area contributed by atoms with Gasteiger partial charge in [-0.05, 0) is 47.9 Å². The van der Waals surface area contributed by atoms with Crippen molar-refractivity contribution in [3.05, 3.63) is 70.8 Å². The summed E-state index contributed by atoms with van der Waals surface area (Å²) in [5.41, 5.74) is 4.64. The van der Waals surface area contributed by atoms with E-state index in [2.05, 4.69) is 43.4 Å². The highest BCUT2D eigenvalue weighted by molar-refractivity contribution is 5.87. The van der Waals surface area contributed by atoms with Gasteiger partial charge in [-0.25, -0.2) is 0 Å². The van der Waals surface area contributed by atoms with Gasteiger partial charge in [-0.2, -0.15) is 0 Å². The molecule has 4 nitrogen and oxygen atoms in total. The van der Waals surface area contributed by atoms with Gasteiger partial charge >= 0.3 is 0 Å². The lowest BCUT2D eigenvalue weighted by atomic mass is 10.00. The molecule has 0 aromatic heterocycles. The maximum Gasteiger partial charge on any atom is 0.242 e. The van der Waals surface area contributed by atoms with Crippen molar-refractivity contribution in [1.82, 2.24) is 10.2 Å². The van der Waals surface area contributed by atoms with Crippen LogP contribution >= 0.6 is 0 Å². The number of likely N-dealkylation sites (N-methyl/N-ethyl adjacent to an activating group) is 1. The average molecular weight is 395 g/mol. The molecule has 4 heteroatoms. The summed E-state index contributed by atoms with van der Waals surface area (Å²) in [6, 6.07) is 16.0. The molecular formula is C25H34N2O2. The van der Waals surface area contributed by atoms with Crippen molar-refractivity contribution in [1.29, 1.82) is 0 Å². The zero-order valence-corrected chi connectivity index (χ0v) is 18.4. The monoisotopic (exact) mass is 394 g/mol. The molecule has 0 saturated carbocycles. The van der Waals surface area contributed by atoms with Gasteiger partial charge in [-0.15, -0.1) is 0 Å². The Labute approximate surface area is 175 Å².